The molecule has 0 aliphatic heterocycles. The van der Waals surface area contributed by atoms with E-state index in [9.17, 15) is 0 Å². The molecular formula is C11H18ClN3O2. The molecule has 1 rings (SSSR count). The van der Waals surface area contributed by atoms with Gasteiger partial charge in [0.2, 0.25) is 0 Å². The van der Waals surface area contributed by atoms with Gasteiger partial charge in [0.05, 0.1) is 11.1 Å². The van der Waals surface area contributed by atoms with Gasteiger partial charge in [-0.3, -0.25) is 0 Å². The first-order valence-electron chi connectivity index (χ1n) is 5.49. The summed E-state index contributed by atoms with van der Waals surface area (Å²) in [6.07, 6.45) is 0.927. The Morgan fingerprint density at radius 3 is 2.47 bits per heavy atom. The molecule has 0 aliphatic carbocycles. The van der Waals surface area contributed by atoms with Crippen LogP contribution in [0.15, 0.2) is 12.3 Å². The van der Waals surface area contributed by atoms with Gasteiger partial charge in [0.25, 0.3) is 0 Å². The number of nitrogens with zero attached hydrogens (tertiary/aromatic N) is 1. The molecule has 0 saturated heterocycles. The monoisotopic (exact) mass is 259 g/mol. The molecule has 5 nitrogen and oxygen atoms in total. The van der Waals surface area contributed by atoms with Gasteiger partial charge in [0.1, 0.15) is 5.82 Å². The summed E-state index contributed by atoms with van der Waals surface area (Å²) in [5, 5.41) is 0.483. The van der Waals surface area contributed by atoms with Crippen LogP contribution >= 0.6 is 11.6 Å². The van der Waals surface area contributed by atoms with Crippen molar-refractivity contribution in [2.24, 2.45) is 5.73 Å². The SMILES string of the molecule is CCOC(OCC)C(N)c1cc(Cl)cnc1N. The van der Waals surface area contributed by atoms with Crippen molar-refractivity contribution in [2.45, 2.75) is 26.2 Å². The molecule has 1 heterocycles. The minimum atomic E-state index is -0.549. The molecule has 4 N–H and O–H groups in total. The fraction of sp³-hybridized carbons (Fsp3) is 0.545. The summed E-state index contributed by atoms with van der Waals surface area (Å²) in [7, 11) is 0. The zero-order valence-electron chi connectivity index (χ0n) is 10.0. The molecule has 0 aromatic carbocycles. The van der Waals surface area contributed by atoms with Crippen molar-refractivity contribution >= 4 is 17.4 Å². The Hall–Kier alpha value is -0.880. The minimum absolute atomic E-state index is 0.339. The van der Waals surface area contributed by atoms with Gasteiger partial charge in [-0.2, -0.15) is 0 Å². The number of ether oxygens (including phenoxy) is 2. The first kappa shape index (κ1) is 14.2. The number of pyridine rings is 1. The predicted octanol–water partition coefficient (Wildman–Crippen LogP) is 1.72. The van der Waals surface area contributed by atoms with Gasteiger partial charge in [-0.05, 0) is 19.9 Å². The standard InChI is InChI=1S/C11H18ClN3O2/c1-3-16-11(17-4-2)9(13)8-5-7(12)6-15-10(8)14/h5-6,9,11H,3-4,13H2,1-2H3,(H2,14,15). The van der Waals surface area contributed by atoms with Gasteiger partial charge >= 0.3 is 0 Å². The Balaban J connectivity index is 2.91. The van der Waals surface area contributed by atoms with Crippen LogP contribution in [-0.2, 0) is 9.47 Å². The molecule has 0 amide bonds. The zero-order valence-corrected chi connectivity index (χ0v) is 10.8. The summed E-state index contributed by atoms with van der Waals surface area (Å²) in [4.78, 5) is 3.96. The molecule has 0 bridgehead atoms. The van der Waals surface area contributed by atoms with E-state index >= 15 is 0 Å². The second-order valence-electron chi connectivity index (χ2n) is 3.43. The summed E-state index contributed by atoms with van der Waals surface area (Å²) in [6.45, 7) is 4.76. The van der Waals surface area contributed by atoms with Crippen LogP contribution in [0.2, 0.25) is 5.02 Å². The molecule has 1 aromatic heterocycles. The van der Waals surface area contributed by atoms with Crippen molar-refractivity contribution < 1.29 is 9.47 Å². The lowest BCUT2D eigenvalue weighted by molar-refractivity contribution is -0.149. The quantitative estimate of drug-likeness (QED) is 0.760. The second kappa shape index (κ2) is 6.76. The first-order chi connectivity index (χ1) is 8.10. The molecule has 0 fully saturated rings. The second-order valence-corrected chi connectivity index (χ2v) is 3.87. The number of hydrogen-bond acceptors (Lipinski definition) is 5. The van der Waals surface area contributed by atoms with Crippen molar-refractivity contribution in [1.29, 1.82) is 0 Å². The van der Waals surface area contributed by atoms with Gasteiger partial charge in [-0.1, -0.05) is 11.6 Å². The van der Waals surface area contributed by atoms with E-state index < -0.39 is 12.3 Å². The summed E-state index contributed by atoms with van der Waals surface area (Å²) in [5.74, 6) is 0.339. The van der Waals surface area contributed by atoms with E-state index in [1.54, 1.807) is 6.07 Å². The van der Waals surface area contributed by atoms with E-state index in [0.717, 1.165) is 0 Å². The Bertz CT molecular complexity index is 357. The van der Waals surface area contributed by atoms with Gasteiger partial charge in [0.15, 0.2) is 6.29 Å². The first-order valence-corrected chi connectivity index (χ1v) is 5.87. The molecule has 0 saturated carbocycles. The van der Waals surface area contributed by atoms with E-state index in [1.165, 1.54) is 6.20 Å². The van der Waals surface area contributed by atoms with E-state index in [0.29, 0.717) is 29.6 Å². The molecule has 17 heavy (non-hydrogen) atoms. The maximum Gasteiger partial charge on any atom is 0.176 e. The van der Waals surface area contributed by atoms with Crippen molar-refractivity contribution in [1.82, 2.24) is 4.98 Å². The summed E-state index contributed by atoms with van der Waals surface area (Å²) in [5.41, 5.74) is 12.4. The van der Waals surface area contributed by atoms with Crippen LogP contribution in [0.25, 0.3) is 0 Å². The number of hydrogen-bond donors (Lipinski definition) is 2. The fourth-order valence-electron chi connectivity index (χ4n) is 1.46. The minimum Gasteiger partial charge on any atom is -0.383 e. The van der Waals surface area contributed by atoms with E-state index in [-0.39, 0.29) is 0 Å². The van der Waals surface area contributed by atoms with Crippen LogP contribution in [0, 0.1) is 0 Å². The zero-order chi connectivity index (χ0) is 12.8. The van der Waals surface area contributed by atoms with Gasteiger partial charge < -0.3 is 20.9 Å². The maximum atomic E-state index is 6.05. The van der Waals surface area contributed by atoms with Crippen LogP contribution in [0.3, 0.4) is 0 Å². The molecule has 1 unspecified atom stereocenters. The highest BCUT2D eigenvalue weighted by atomic mass is 35.5. The van der Waals surface area contributed by atoms with Crippen molar-refractivity contribution in [3.8, 4) is 0 Å². The highest BCUT2D eigenvalue weighted by Gasteiger charge is 2.22. The van der Waals surface area contributed by atoms with Gasteiger partial charge in [-0.15, -0.1) is 0 Å². The van der Waals surface area contributed by atoms with E-state index in [2.05, 4.69) is 4.98 Å². The lowest BCUT2D eigenvalue weighted by atomic mass is 10.1. The largest absolute Gasteiger partial charge is 0.383 e. The Kier molecular flexibility index (Phi) is 5.64. The van der Waals surface area contributed by atoms with Crippen LogP contribution in [0.1, 0.15) is 25.5 Å². The average Bonchev–Trinajstić information content (AvgIpc) is 2.31. The Labute approximate surface area is 106 Å². The molecular weight excluding hydrogens is 242 g/mol. The summed E-state index contributed by atoms with van der Waals surface area (Å²) in [6, 6.07) is 1.17. The van der Waals surface area contributed by atoms with E-state index in [4.69, 9.17) is 32.5 Å². The average molecular weight is 260 g/mol. The molecule has 6 heteroatoms. The summed E-state index contributed by atoms with van der Waals surface area (Å²) < 4.78 is 10.8. The number of nitrogen functional groups attached to an aromatic ring is 1. The lowest BCUT2D eigenvalue weighted by Crippen LogP contribution is -2.32. The molecule has 1 aromatic rings. The normalized spacial score (nSPS) is 13.0. The van der Waals surface area contributed by atoms with Gasteiger partial charge in [-0.25, -0.2) is 4.98 Å². The molecule has 1 atom stereocenters. The fourth-order valence-corrected chi connectivity index (χ4v) is 1.63. The number of halogens is 1. The van der Waals surface area contributed by atoms with Crippen LogP contribution in [0.5, 0.6) is 0 Å². The van der Waals surface area contributed by atoms with Crippen molar-refractivity contribution in [3.63, 3.8) is 0 Å². The highest BCUT2D eigenvalue weighted by molar-refractivity contribution is 6.30. The van der Waals surface area contributed by atoms with Gasteiger partial charge in [0, 0.05) is 25.0 Å². The topological polar surface area (TPSA) is 83.4 Å². The predicted molar refractivity (Wildman–Crippen MR) is 67.6 cm³/mol. The Morgan fingerprint density at radius 1 is 1.35 bits per heavy atom. The van der Waals surface area contributed by atoms with Crippen LogP contribution < -0.4 is 11.5 Å². The Morgan fingerprint density at radius 2 is 1.94 bits per heavy atom. The molecule has 0 aliphatic rings. The highest BCUT2D eigenvalue weighted by Crippen LogP contribution is 2.24. The molecule has 0 radical (unpaired) electrons. The number of aromatic nitrogens is 1. The van der Waals surface area contributed by atoms with Crippen molar-refractivity contribution in [3.05, 3.63) is 22.8 Å². The third-order valence-electron chi connectivity index (χ3n) is 2.23. The van der Waals surface area contributed by atoms with Crippen molar-refractivity contribution in [2.75, 3.05) is 18.9 Å². The number of nitrogens with two attached hydrogens (primary N) is 2. The lowest BCUT2D eigenvalue weighted by Gasteiger charge is -2.24. The maximum absolute atomic E-state index is 6.05. The smallest absolute Gasteiger partial charge is 0.176 e. The third kappa shape index (κ3) is 3.81. The third-order valence-corrected chi connectivity index (χ3v) is 2.44. The van der Waals surface area contributed by atoms with Crippen LogP contribution in [0.4, 0.5) is 5.82 Å². The number of rotatable bonds is 6. The number of anilines is 1. The summed E-state index contributed by atoms with van der Waals surface area (Å²) >= 11 is 5.86. The molecule has 96 valence electrons. The molecule has 0 spiro atoms. The van der Waals surface area contributed by atoms with Crippen LogP contribution in [-0.4, -0.2) is 24.5 Å². The van der Waals surface area contributed by atoms with E-state index in [1.807, 2.05) is 13.8 Å².